The van der Waals surface area contributed by atoms with E-state index in [1.165, 1.54) is 16.7 Å². The number of hydrogen-bond donors (Lipinski definition) is 13. The van der Waals surface area contributed by atoms with Crippen molar-refractivity contribution < 1.29 is 58.5 Å². The van der Waals surface area contributed by atoms with Gasteiger partial charge in [-0.3, -0.25) is 43.3 Å². The van der Waals surface area contributed by atoms with Crippen LogP contribution in [-0.2, 0) is 43.2 Å². The number of likely N-dealkylation sites (N-methyl/N-ethyl adjacent to an activating group) is 1. The van der Waals surface area contributed by atoms with Gasteiger partial charge in [0.1, 0.15) is 30.2 Å². The standard InChI is InChI=1S/C38H67N13O12S/c1-21(53)30(48-28(54)15-43-32(57)27(20-64)47-33(58)26(19-52)44-29(55)18-49(2)3)34(59)45-24(7-4-5-11-39)36(61)51-14-10-23(17-51)35(60)50-13-9-22(16-50)31(56)46-25(37(62)63)8-6-12-42-38(40)41/h21-27,30,52-53,64H,4-20,39H2,1-3H3,(H,43,57)(H,44,55)(H,45,59)(H,46,56)(H,47,58)(H,48,54)(H,62,63)(H4,40,41,42)/t21-,22-,23-,24+,25+,26+,27+,30+/m1/s1. The van der Waals surface area contributed by atoms with Crippen LogP contribution in [-0.4, -0.2) is 204 Å². The summed E-state index contributed by atoms with van der Waals surface area (Å²) in [4.78, 5) is 125. The molecule has 0 aliphatic carbocycles. The summed E-state index contributed by atoms with van der Waals surface area (Å²) >= 11 is 4.07. The van der Waals surface area contributed by atoms with Crippen LogP contribution < -0.4 is 49.1 Å². The maximum atomic E-state index is 13.9. The van der Waals surface area contributed by atoms with E-state index in [-0.39, 0.29) is 69.7 Å². The van der Waals surface area contributed by atoms with E-state index >= 15 is 0 Å². The lowest BCUT2D eigenvalue weighted by Gasteiger charge is -2.28. The van der Waals surface area contributed by atoms with E-state index in [1.807, 2.05) is 0 Å². The fraction of sp³-hybridized carbons (Fsp3) is 0.737. The molecule has 2 saturated heterocycles. The highest BCUT2D eigenvalue weighted by molar-refractivity contribution is 7.80. The topological polar surface area (TPSA) is 387 Å². The van der Waals surface area contributed by atoms with Crippen LogP contribution in [0.3, 0.4) is 0 Å². The number of nitrogens with two attached hydrogens (primary N) is 3. The molecule has 2 rings (SSSR count). The first kappa shape index (κ1) is 54.8. The van der Waals surface area contributed by atoms with Gasteiger partial charge in [-0.1, -0.05) is 0 Å². The van der Waals surface area contributed by atoms with E-state index in [0.717, 1.165) is 0 Å². The number of guanidine groups is 1. The minimum atomic E-state index is -1.57. The molecule has 0 aromatic carbocycles. The fourth-order valence-electron chi connectivity index (χ4n) is 6.99. The zero-order valence-corrected chi connectivity index (χ0v) is 37.5. The Hall–Kier alpha value is -5.31. The molecule has 8 amide bonds. The third-order valence-electron chi connectivity index (χ3n) is 10.5. The first-order chi connectivity index (χ1) is 30.2. The number of carbonyl (C=O) groups is 9. The van der Waals surface area contributed by atoms with Crippen LogP contribution in [0.25, 0.3) is 0 Å². The Morgan fingerprint density at radius 2 is 1.41 bits per heavy atom. The van der Waals surface area contributed by atoms with Crippen molar-refractivity contribution in [3.8, 4) is 0 Å². The van der Waals surface area contributed by atoms with Crippen LogP contribution in [0.4, 0.5) is 0 Å². The van der Waals surface area contributed by atoms with E-state index in [0.29, 0.717) is 38.6 Å². The highest BCUT2D eigenvalue weighted by Gasteiger charge is 2.40. The second-order valence-electron chi connectivity index (χ2n) is 16.0. The van der Waals surface area contributed by atoms with E-state index < -0.39 is 109 Å². The van der Waals surface area contributed by atoms with Crippen LogP contribution in [0.5, 0.6) is 0 Å². The molecule has 64 heavy (non-hydrogen) atoms. The number of carboxylic acid groups (broad SMARTS) is 1. The van der Waals surface area contributed by atoms with Gasteiger partial charge < -0.3 is 79.1 Å². The molecule has 0 radical (unpaired) electrons. The number of nitrogens with one attached hydrogen (secondary N) is 6. The molecule has 8 atom stereocenters. The Labute approximate surface area is 377 Å². The zero-order chi connectivity index (χ0) is 48.1. The maximum Gasteiger partial charge on any atom is 0.326 e. The average Bonchev–Trinajstić information content (AvgIpc) is 3.94. The first-order valence-electron chi connectivity index (χ1n) is 21.1. The summed E-state index contributed by atoms with van der Waals surface area (Å²) in [6.07, 6.45) is 0.672. The highest BCUT2D eigenvalue weighted by atomic mass is 32.1. The van der Waals surface area contributed by atoms with Crippen molar-refractivity contribution in [2.45, 2.75) is 88.2 Å². The highest BCUT2D eigenvalue weighted by Crippen LogP contribution is 2.25. The smallest absolute Gasteiger partial charge is 0.326 e. The van der Waals surface area contributed by atoms with E-state index in [4.69, 9.17) is 17.2 Å². The molecule has 25 nitrogen and oxygen atoms in total. The molecular weight excluding hydrogens is 863 g/mol. The van der Waals surface area contributed by atoms with Crippen molar-refractivity contribution >= 4 is 71.8 Å². The van der Waals surface area contributed by atoms with Gasteiger partial charge in [-0.15, -0.1) is 0 Å². The Kier molecular flexibility index (Phi) is 23.8. The summed E-state index contributed by atoms with van der Waals surface area (Å²) < 4.78 is 0. The number of aliphatic carboxylic acids is 1. The van der Waals surface area contributed by atoms with E-state index in [1.54, 1.807) is 19.0 Å². The molecule has 2 fully saturated rings. The van der Waals surface area contributed by atoms with Gasteiger partial charge in [0.15, 0.2) is 5.96 Å². The van der Waals surface area contributed by atoms with Crippen molar-refractivity contribution in [1.29, 1.82) is 0 Å². The molecule has 0 aromatic rings. The largest absolute Gasteiger partial charge is 0.480 e. The number of aliphatic imine (C=N–C) groups is 1. The van der Waals surface area contributed by atoms with Gasteiger partial charge in [0.2, 0.25) is 47.3 Å². The second kappa shape index (κ2) is 27.8. The minimum absolute atomic E-state index is 0.0287. The molecule has 2 heterocycles. The van der Waals surface area contributed by atoms with E-state index in [2.05, 4.69) is 49.5 Å². The van der Waals surface area contributed by atoms with Crippen molar-refractivity contribution in [2.75, 3.05) is 78.8 Å². The number of aliphatic hydroxyl groups is 2. The molecule has 0 spiro atoms. The third kappa shape index (κ3) is 18.4. The normalized spacial score (nSPS) is 18.7. The number of carbonyl (C=O) groups excluding carboxylic acids is 8. The monoisotopic (exact) mass is 929 g/mol. The lowest BCUT2D eigenvalue weighted by molar-refractivity contribution is -0.143. The molecule has 0 aromatic heterocycles. The van der Waals surface area contributed by atoms with Crippen LogP contribution >= 0.6 is 12.6 Å². The van der Waals surface area contributed by atoms with Gasteiger partial charge in [-0.05, 0) is 72.5 Å². The Bertz CT molecular complexity index is 1670. The Morgan fingerprint density at radius 3 is 2.00 bits per heavy atom. The zero-order valence-electron chi connectivity index (χ0n) is 36.6. The van der Waals surface area contributed by atoms with Crippen LogP contribution in [0.2, 0.25) is 0 Å². The lowest BCUT2D eigenvalue weighted by Crippen LogP contribution is -2.59. The number of rotatable bonds is 27. The number of carboxylic acids is 1. The van der Waals surface area contributed by atoms with Gasteiger partial charge >= 0.3 is 5.97 Å². The SMILES string of the molecule is C[C@@H](O)[C@H](NC(=O)CNC(=O)[C@H](CS)NC(=O)[C@H](CO)NC(=O)CN(C)C)C(=O)N[C@@H](CCCCN)C(=O)N1CC[C@@H](C(=O)N2CC[C@@H](C(=O)N[C@@H](CCCN=C(N)N)C(=O)O)C2)C1. The summed E-state index contributed by atoms with van der Waals surface area (Å²) in [5, 5.41) is 44.2. The predicted octanol–water partition coefficient (Wildman–Crippen LogP) is -6.64. The molecular formula is C38H67N13O12S. The van der Waals surface area contributed by atoms with Crippen molar-refractivity contribution in [3.63, 3.8) is 0 Å². The molecule has 362 valence electrons. The molecule has 0 bridgehead atoms. The summed E-state index contributed by atoms with van der Waals surface area (Å²) in [5.74, 6) is -8.17. The average molecular weight is 930 g/mol. The Morgan fingerprint density at radius 1 is 0.781 bits per heavy atom. The minimum Gasteiger partial charge on any atom is -0.480 e. The summed E-state index contributed by atoms with van der Waals surface area (Å²) in [5.41, 5.74) is 16.3. The number of unbranched alkanes of at least 4 members (excludes halogenated alkanes) is 1. The van der Waals surface area contributed by atoms with Crippen LogP contribution in [0.1, 0.15) is 51.9 Å². The van der Waals surface area contributed by atoms with Crippen molar-refractivity contribution in [2.24, 2.45) is 34.0 Å². The number of hydrogen-bond acceptors (Lipinski definition) is 15. The van der Waals surface area contributed by atoms with Gasteiger partial charge in [0, 0.05) is 38.5 Å². The van der Waals surface area contributed by atoms with E-state index in [9.17, 15) is 58.5 Å². The quantitative estimate of drug-likeness (QED) is 0.0158. The molecule has 0 unspecified atom stereocenters. The molecule has 26 heteroatoms. The van der Waals surface area contributed by atoms with Gasteiger partial charge in [-0.25, -0.2) is 4.79 Å². The number of nitrogens with zero attached hydrogens (tertiary/aromatic N) is 4. The third-order valence-corrected chi connectivity index (χ3v) is 10.8. The Balaban J connectivity index is 2.00. The lowest BCUT2D eigenvalue weighted by atomic mass is 10.1. The molecule has 2 aliphatic rings. The van der Waals surface area contributed by atoms with Crippen LogP contribution in [0, 0.1) is 11.8 Å². The molecule has 2 aliphatic heterocycles. The van der Waals surface area contributed by atoms with Crippen molar-refractivity contribution in [3.05, 3.63) is 0 Å². The summed E-state index contributed by atoms with van der Waals surface area (Å²) in [7, 11) is 3.26. The second-order valence-corrected chi connectivity index (χ2v) is 16.4. The van der Waals surface area contributed by atoms with Gasteiger partial charge in [-0.2, -0.15) is 12.6 Å². The number of aliphatic hydroxyl groups excluding tert-OH is 2. The predicted molar refractivity (Wildman–Crippen MR) is 234 cm³/mol. The maximum absolute atomic E-state index is 13.9. The van der Waals surface area contributed by atoms with Crippen LogP contribution in [0.15, 0.2) is 4.99 Å². The van der Waals surface area contributed by atoms with Crippen molar-refractivity contribution in [1.82, 2.24) is 46.6 Å². The molecule has 0 saturated carbocycles. The first-order valence-corrected chi connectivity index (χ1v) is 21.7. The number of amides is 8. The molecule has 15 N–H and O–H groups in total. The van der Waals surface area contributed by atoms with Gasteiger partial charge in [0.25, 0.3) is 0 Å². The number of likely N-dealkylation sites (tertiary alicyclic amines) is 2. The fourth-order valence-corrected chi connectivity index (χ4v) is 7.24. The number of thiol groups is 1. The van der Waals surface area contributed by atoms with Gasteiger partial charge in [0.05, 0.1) is 37.6 Å². The summed E-state index contributed by atoms with van der Waals surface area (Å²) in [6.45, 7) is 0.758. The summed E-state index contributed by atoms with van der Waals surface area (Å²) in [6, 6.07) is -6.53.